The van der Waals surface area contributed by atoms with Crippen LogP contribution in [0.2, 0.25) is 0 Å². The maximum atomic E-state index is 4.27. The molecule has 1 heteroatoms. The van der Waals surface area contributed by atoms with Gasteiger partial charge in [-0.15, -0.1) is 0 Å². The average Bonchev–Trinajstić information content (AvgIpc) is 2.25. The Bertz CT molecular complexity index is 348. The van der Waals surface area contributed by atoms with Gasteiger partial charge in [0.2, 0.25) is 0 Å². The van der Waals surface area contributed by atoms with Gasteiger partial charge >= 0.3 is 0 Å². The highest BCUT2D eigenvalue weighted by atomic mass is 14.7. The summed E-state index contributed by atoms with van der Waals surface area (Å²) in [5, 5.41) is 0. The molecule has 0 fully saturated rings. The number of benzene rings is 1. The van der Waals surface area contributed by atoms with Gasteiger partial charge in [0.25, 0.3) is 0 Å². The number of allylic oxidation sites excluding steroid dienone is 1. The number of aliphatic imine (C=N–C) groups is 1. The number of nitrogens with zero attached hydrogens (tertiary/aromatic N) is 1. The summed E-state index contributed by atoms with van der Waals surface area (Å²) in [6.45, 7) is 2.03. The van der Waals surface area contributed by atoms with E-state index < -0.39 is 0 Å². The van der Waals surface area contributed by atoms with Crippen molar-refractivity contribution in [1.82, 2.24) is 0 Å². The van der Waals surface area contributed by atoms with Gasteiger partial charge in [-0.05, 0) is 24.1 Å². The highest BCUT2D eigenvalue weighted by Gasteiger charge is 2.00. The van der Waals surface area contributed by atoms with E-state index in [1.54, 1.807) is 0 Å². The molecule has 1 heterocycles. The molecule has 0 N–H and O–H groups in total. The summed E-state index contributed by atoms with van der Waals surface area (Å²) in [6, 6.07) is 8.42. The van der Waals surface area contributed by atoms with Crippen molar-refractivity contribution in [3.63, 3.8) is 0 Å². The molecule has 0 bridgehead atoms. The fourth-order valence-corrected chi connectivity index (χ4v) is 1.41. The molecule has 0 radical (unpaired) electrons. The number of hydrogen-bond donors (Lipinski definition) is 0. The predicted octanol–water partition coefficient (Wildman–Crippen LogP) is 2.67. The zero-order valence-electron chi connectivity index (χ0n) is 7.12. The number of hydrogen-bond acceptors (Lipinski definition) is 1. The zero-order chi connectivity index (χ0) is 8.39. The van der Waals surface area contributed by atoms with Crippen LogP contribution in [0, 0.1) is 0 Å². The monoisotopic (exact) mass is 157 g/mol. The number of rotatable bonds is 0. The van der Waals surface area contributed by atoms with Crippen molar-refractivity contribution in [2.75, 3.05) is 0 Å². The van der Waals surface area contributed by atoms with Crippen molar-refractivity contribution >= 4 is 12.3 Å². The summed E-state index contributed by atoms with van der Waals surface area (Å²) < 4.78 is 0. The zero-order valence-corrected chi connectivity index (χ0v) is 7.12. The molecule has 0 amide bonds. The van der Waals surface area contributed by atoms with Gasteiger partial charge in [0, 0.05) is 18.3 Å². The van der Waals surface area contributed by atoms with Gasteiger partial charge < -0.3 is 0 Å². The quantitative estimate of drug-likeness (QED) is 0.549. The van der Waals surface area contributed by atoms with Gasteiger partial charge in [-0.25, -0.2) is 0 Å². The maximum absolute atomic E-state index is 4.27. The Balaban J connectivity index is 2.54. The molecule has 1 aromatic carbocycles. The summed E-state index contributed by atoms with van der Waals surface area (Å²) >= 11 is 0. The second-order valence-corrected chi connectivity index (χ2v) is 3.00. The first-order valence-electron chi connectivity index (χ1n) is 4.15. The van der Waals surface area contributed by atoms with E-state index in [1.165, 1.54) is 11.1 Å². The molecule has 2 rings (SSSR count). The molecular formula is C11H11N. The molecule has 0 spiro atoms. The summed E-state index contributed by atoms with van der Waals surface area (Å²) in [6.07, 6.45) is 5.04. The maximum Gasteiger partial charge on any atom is 0.0374 e. The SMILES string of the molecule is CC1=Cc2ccccc2CC=N1. The van der Waals surface area contributed by atoms with E-state index in [2.05, 4.69) is 35.3 Å². The molecule has 1 nitrogen and oxygen atoms in total. The average molecular weight is 157 g/mol. The van der Waals surface area contributed by atoms with Crippen molar-refractivity contribution in [2.45, 2.75) is 13.3 Å². The lowest BCUT2D eigenvalue weighted by atomic mass is 10.1. The minimum absolute atomic E-state index is 0.948. The van der Waals surface area contributed by atoms with Crippen molar-refractivity contribution in [1.29, 1.82) is 0 Å². The van der Waals surface area contributed by atoms with E-state index >= 15 is 0 Å². The minimum atomic E-state index is 0.948. The van der Waals surface area contributed by atoms with Gasteiger partial charge in [0.1, 0.15) is 0 Å². The normalized spacial score (nSPS) is 14.9. The molecule has 0 saturated carbocycles. The van der Waals surface area contributed by atoms with Crippen LogP contribution in [0.4, 0.5) is 0 Å². The summed E-state index contributed by atoms with van der Waals surface area (Å²) in [5.41, 5.74) is 3.74. The van der Waals surface area contributed by atoms with E-state index in [0.29, 0.717) is 0 Å². The Morgan fingerprint density at radius 2 is 2.08 bits per heavy atom. The first-order valence-corrected chi connectivity index (χ1v) is 4.15. The molecule has 0 atom stereocenters. The van der Waals surface area contributed by atoms with Crippen LogP contribution in [-0.2, 0) is 6.42 Å². The molecular weight excluding hydrogens is 146 g/mol. The van der Waals surface area contributed by atoms with Crippen LogP contribution in [0.5, 0.6) is 0 Å². The van der Waals surface area contributed by atoms with E-state index in [9.17, 15) is 0 Å². The van der Waals surface area contributed by atoms with Crippen molar-refractivity contribution in [2.24, 2.45) is 4.99 Å². The van der Waals surface area contributed by atoms with Gasteiger partial charge in [-0.2, -0.15) is 0 Å². The van der Waals surface area contributed by atoms with Crippen LogP contribution in [0.15, 0.2) is 35.0 Å². The molecule has 1 aliphatic heterocycles. The molecule has 60 valence electrons. The highest BCUT2D eigenvalue weighted by molar-refractivity contribution is 5.71. The van der Waals surface area contributed by atoms with Crippen molar-refractivity contribution < 1.29 is 0 Å². The largest absolute Gasteiger partial charge is 0.266 e. The highest BCUT2D eigenvalue weighted by Crippen LogP contribution is 2.16. The van der Waals surface area contributed by atoms with E-state index in [4.69, 9.17) is 0 Å². The van der Waals surface area contributed by atoms with Crippen LogP contribution in [0.25, 0.3) is 6.08 Å². The molecule has 0 saturated heterocycles. The van der Waals surface area contributed by atoms with Crippen LogP contribution < -0.4 is 0 Å². The Morgan fingerprint density at radius 1 is 1.25 bits per heavy atom. The third-order valence-corrected chi connectivity index (χ3v) is 2.03. The standard InChI is InChI=1S/C11H11N/c1-9-8-11-5-3-2-4-10(11)6-7-12-9/h2-5,7-8H,6H2,1H3. The van der Waals surface area contributed by atoms with Crippen molar-refractivity contribution in [3.05, 3.63) is 41.1 Å². The lowest BCUT2D eigenvalue weighted by Gasteiger charge is -1.99. The van der Waals surface area contributed by atoms with Crippen LogP contribution >= 0.6 is 0 Å². The smallest absolute Gasteiger partial charge is 0.0374 e. The fourth-order valence-electron chi connectivity index (χ4n) is 1.41. The molecule has 12 heavy (non-hydrogen) atoms. The van der Waals surface area contributed by atoms with E-state index in [-0.39, 0.29) is 0 Å². The van der Waals surface area contributed by atoms with Crippen LogP contribution in [0.1, 0.15) is 18.1 Å². The topological polar surface area (TPSA) is 12.4 Å². The van der Waals surface area contributed by atoms with Gasteiger partial charge in [-0.3, -0.25) is 4.99 Å². The lowest BCUT2D eigenvalue weighted by Crippen LogP contribution is -1.87. The summed E-state index contributed by atoms with van der Waals surface area (Å²) in [4.78, 5) is 4.27. The lowest BCUT2D eigenvalue weighted by molar-refractivity contribution is 1.32. The van der Waals surface area contributed by atoms with Gasteiger partial charge in [0.15, 0.2) is 0 Å². The Hall–Kier alpha value is -1.37. The fraction of sp³-hybridized carbons (Fsp3) is 0.182. The first kappa shape index (κ1) is 7.29. The van der Waals surface area contributed by atoms with Crippen LogP contribution in [0.3, 0.4) is 0 Å². The second kappa shape index (κ2) is 2.94. The van der Waals surface area contributed by atoms with Gasteiger partial charge in [-0.1, -0.05) is 24.3 Å². The molecule has 0 unspecified atom stereocenters. The second-order valence-electron chi connectivity index (χ2n) is 3.00. The van der Waals surface area contributed by atoms with E-state index in [1.807, 2.05) is 13.1 Å². The first-order chi connectivity index (χ1) is 5.86. The van der Waals surface area contributed by atoms with Gasteiger partial charge in [0.05, 0.1) is 0 Å². The number of fused-ring (bicyclic) bond motifs is 1. The predicted molar refractivity (Wildman–Crippen MR) is 52.3 cm³/mol. The van der Waals surface area contributed by atoms with Crippen molar-refractivity contribution in [3.8, 4) is 0 Å². The van der Waals surface area contributed by atoms with Crippen LogP contribution in [-0.4, -0.2) is 6.21 Å². The van der Waals surface area contributed by atoms with E-state index in [0.717, 1.165) is 12.1 Å². The third-order valence-electron chi connectivity index (χ3n) is 2.03. The molecule has 0 aromatic heterocycles. The summed E-state index contributed by atoms with van der Waals surface area (Å²) in [7, 11) is 0. The Labute approximate surface area is 72.5 Å². The summed E-state index contributed by atoms with van der Waals surface area (Å²) in [5.74, 6) is 0. The molecule has 1 aromatic rings. The minimum Gasteiger partial charge on any atom is -0.266 e. The Morgan fingerprint density at radius 3 is 3.00 bits per heavy atom. The Kier molecular flexibility index (Phi) is 1.78. The molecule has 1 aliphatic rings. The molecule has 0 aliphatic carbocycles. The third kappa shape index (κ3) is 1.30.